The number of nitrogens with zero attached hydrogens (tertiary/aromatic N) is 1. The van der Waals surface area contributed by atoms with Crippen LogP contribution in [0.5, 0.6) is 11.5 Å². The zero-order chi connectivity index (χ0) is 24.7. The molecule has 1 aromatic heterocycles. The Hall–Kier alpha value is -4.28. The van der Waals surface area contributed by atoms with Gasteiger partial charge in [-0.1, -0.05) is 12.1 Å². The number of nitrogens with one attached hydrogen (secondary N) is 2. The molecular weight excluding hydrogens is 453 g/mol. The van der Waals surface area contributed by atoms with Crippen molar-refractivity contribution in [1.82, 2.24) is 10.3 Å². The molecular formula is C23H21F3N4O4. The molecule has 0 bridgehead atoms. The zero-order valence-corrected chi connectivity index (χ0v) is 18.0. The van der Waals surface area contributed by atoms with E-state index in [1.807, 2.05) is 0 Å². The number of hydrogen-bond donors (Lipinski definition) is 3. The lowest BCUT2D eigenvalue weighted by molar-refractivity contribution is -0.137. The van der Waals surface area contributed by atoms with E-state index in [0.29, 0.717) is 17.1 Å². The van der Waals surface area contributed by atoms with Gasteiger partial charge < -0.3 is 25.8 Å². The van der Waals surface area contributed by atoms with E-state index >= 15 is 0 Å². The number of aromatic nitrogens is 1. The van der Waals surface area contributed by atoms with Crippen molar-refractivity contribution in [1.29, 1.82) is 0 Å². The Bertz CT molecular complexity index is 1180. The highest BCUT2D eigenvalue weighted by molar-refractivity contribution is 5.99. The number of pyridine rings is 1. The van der Waals surface area contributed by atoms with Gasteiger partial charge in [-0.05, 0) is 48.0 Å². The monoisotopic (exact) mass is 474 g/mol. The molecule has 2 amide bonds. The first-order valence-electron chi connectivity index (χ1n) is 9.93. The lowest BCUT2D eigenvalue weighted by Crippen LogP contribution is -2.24. The molecule has 2 aromatic carbocycles. The molecule has 3 rings (SSSR count). The third kappa shape index (κ3) is 6.37. The van der Waals surface area contributed by atoms with Gasteiger partial charge in [0.05, 0.1) is 18.2 Å². The molecule has 0 saturated carbocycles. The van der Waals surface area contributed by atoms with Gasteiger partial charge in [0, 0.05) is 18.4 Å². The van der Waals surface area contributed by atoms with Crippen molar-refractivity contribution in [2.75, 3.05) is 19.0 Å². The maximum absolute atomic E-state index is 13.0. The Kier molecular flexibility index (Phi) is 7.57. The summed E-state index contributed by atoms with van der Waals surface area (Å²) in [4.78, 5) is 27.8. The van der Waals surface area contributed by atoms with Crippen molar-refractivity contribution in [3.05, 3.63) is 77.5 Å². The number of anilines is 2. The lowest BCUT2D eigenvalue weighted by Gasteiger charge is -2.14. The summed E-state index contributed by atoms with van der Waals surface area (Å²) in [6, 6.07) is 12.5. The maximum Gasteiger partial charge on any atom is 0.416 e. The molecule has 8 nitrogen and oxygen atoms in total. The average Bonchev–Trinajstić information content (AvgIpc) is 2.81. The van der Waals surface area contributed by atoms with E-state index in [9.17, 15) is 22.8 Å². The number of methoxy groups -OCH3 is 1. The van der Waals surface area contributed by atoms with Crippen molar-refractivity contribution in [2.45, 2.75) is 12.7 Å². The summed E-state index contributed by atoms with van der Waals surface area (Å²) < 4.78 is 49.5. The molecule has 0 radical (unpaired) electrons. The Labute approximate surface area is 192 Å². The molecule has 1 heterocycles. The van der Waals surface area contributed by atoms with Crippen LogP contribution in [0.15, 0.2) is 60.8 Å². The standard InChI is InChI=1S/C23H21F3N4O4/c1-33-19-10-14(7-8-18(19)34-13-20(27)31)12-29-22(32)17-6-3-9-28-21(17)30-16-5-2-4-15(11-16)23(24,25)26/h2-11H,12-13H2,1H3,(H2,27,31)(H,28,30)(H,29,32). The van der Waals surface area contributed by atoms with Crippen LogP contribution >= 0.6 is 0 Å². The van der Waals surface area contributed by atoms with Crippen LogP contribution < -0.4 is 25.8 Å². The second-order valence-electron chi connectivity index (χ2n) is 7.03. The van der Waals surface area contributed by atoms with Gasteiger partial charge in [0.15, 0.2) is 18.1 Å². The van der Waals surface area contributed by atoms with Crippen LogP contribution in [0.2, 0.25) is 0 Å². The molecule has 0 unspecified atom stereocenters. The highest BCUT2D eigenvalue weighted by Crippen LogP contribution is 2.32. The molecule has 0 aliphatic heterocycles. The van der Waals surface area contributed by atoms with Crippen LogP contribution in [0.25, 0.3) is 0 Å². The van der Waals surface area contributed by atoms with E-state index in [1.165, 1.54) is 31.5 Å². The highest BCUT2D eigenvalue weighted by Gasteiger charge is 2.30. The molecule has 178 valence electrons. The second-order valence-corrected chi connectivity index (χ2v) is 7.03. The van der Waals surface area contributed by atoms with Crippen LogP contribution in [-0.2, 0) is 17.5 Å². The van der Waals surface area contributed by atoms with Crippen molar-refractivity contribution in [3.63, 3.8) is 0 Å². The van der Waals surface area contributed by atoms with Gasteiger partial charge in [-0.3, -0.25) is 9.59 Å². The quantitative estimate of drug-likeness (QED) is 0.436. The lowest BCUT2D eigenvalue weighted by atomic mass is 10.1. The molecule has 0 aliphatic carbocycles. The van der Waals surface area contributed by atoms with E-state index in [-0.39, 0.29) is 30.2 Å². The third-order valence-electron chi connectivity index (χ3n) is 4.56. The summed E-state index contributed by atoms with van der Waals surface area (Å²) >= 11 is 0. The second kappa shape index (κ2) is 10.6. The zero-order valence-electron chi connectivity index (χ0n) is 18.0. The number of carbonyl (C=O) groups is 2. The summed E-state index contributed by atoms with van der Waals surface area (Å²) in [5.74, 6) is -0.357. The molecule has 3 aromatic rings. The van der Waals surface area contributed by atoms with Gasteiger partial charge in [-0.2, -0.15) is 13.2 Å². The van der Waals surface area contributed by atoms with Crippen molar-refractivity contribution >= 4 is 23.3 Å². The van der Waals surface area contributed by atoms with Crippen molar-refractivity contribution < 1.29 is 32.2 Å². The Balaban J connectivity index is 1.71. The number of halogens is 3. The number of carbonyl (C=O) groups excluding carboxylic acids is 2. The van der Waals surface area contributed by atoms with Crippen LogP contribution in [0, 0.1) is 0 Å². The molecule has 0 atom stereocenters. The van der Waals surface area contributed by atoms with Crippen LogP contribution in [-0.4, -0.2) is 30.5 Å². The number of benzene rings is 2. The SMILES string of the molecule is COc1cc(CNC(=O)c2cccnc2Nc2cccc(C(F)(F)F)c2)ccc1OCC(N)=O. The summed E-state index contributed by atoms with van der Waals surface area (Å²) in [6.45, 7) is -0.196. The third-order valence-corrected chi connectivity index (χ3v) is 4.56. The predicted molar refractivity (Wildman–Crippen MR) is 118 cm³/mol. The van der Waals surface area contributed by atoms with E-state index in [0.717, 1.165) is 12.1 Å². The topological polar surface area (TPSA) is 116 Å². The summed E-state index contributed by atoms with van der Waals surface area (Å²) in [6.07, 6.45) is -3.08. The Morgan fingerprint density at radius 3 is 2.56 bits per heavy atom. The van der Waals surface area contributed by atoms with Gasteiger partial charge >= 0.3 is 6.18 Å². The van der Waals surface area contributed by atoms with Crippen LogP contribution in [0.1, 0.15) is 21.5 Å². The molecule has 0 aliphatic rings. The van der Waals surface area contributed by atoms with Gasteiger partial charge in [-0.25, -0.2) is 4.98 Å². The van der Waals surface area contributed by atoms with Gasteiger partial charge in [0.2, 0.25) is 0 Å². The molecule has 4 N–H and O–H groups in total. The van der Waals surface area contributed by atoms with E-state index in [1.54, 1.807) is 24.3 Å². The minimum atomic E-state index is -4.50. The Morgan fingerprint density at radius 1 is 1.06 bits per heavy atom. The first-order chi connectivity index (χ1) is 16.2. The normalized spacial score (nSPS) is 10.9. The number of hydrogen-bond acceptors (Lipinski definition) is 6. The number of amides is 2. The fourth-order valence-corrected chi connectivity index (χ4v) is 2.97. The van der Waals surface area contributed by atoms with E-state index in [2.05, 4.69) is 15.6 Å². The Morgan fingerprint density at radius 2 is 1.85 bits per heavy atom. The fraction of sp³-hybridized carbons (Fsp3) is 0.174. The molecule has 0 fully saturated rings. The van der Waals surface area contributed by atoms with Gasteiger partial charge in [-0.15, -0.1) is 0 Å². The van der Waals surface area contributed by atoms with E-state index < -0.39 is 23.6 Å². The number of nitrogens with two attached hydrogens (primary N) is 1. The molecule has 0 spiro atoms. The minimum Gasteiger partial charge on any atom is -0.493 e. The molecule has 34 heavy (non-hydrogen) atoms. The maximum atomic E-state index is 13.0. The average molecular weight is 474 g/mol. The number of rotatable bonds is 9. The van der Waals surface area contributed by atoms with Crippen molar-refractivity contribution in [3.8, 4) is 11.5 Å². The van der Waals surface area contributed by atoms with Crippen LogP contribution in [0.4, 0.5) is 24.7 Å². The van der Waals surface area contributed by atoms with Crippen molar-refractivity contribution in [2.24, 2.45) is 5.73 Å². The van der Waals surface area contributed by atoms with Crippen LogP contribution in [0.3, 0.4) is 0 Å². The minimum absolute atomic E-state index is 0.104. The predicted octanol–water partition coefficient (Wildman–Crippen LogP) is 3.65. The highest BCUT2D eigenvalue weighted by atomic mass is 19.4. The number of alkyl halides is 3. The number of primary amides is 1. The summed E-state index contributed by atoms with van der Waals surface area (Å²) in [5.41, 5.74) is 5.21. The van der Waals surface area contributed by atoms with E-state index in [4.69, 9.17) is 15.2 Å². The summed E-state index contributed by atoms with van der Waals surface area (Å²) in [7, 11) is 1.43. The first kappa shape index (κ1) is 24.4. The molecule has 11 heteroatoms. The number of ether oxygens (including phenoxy) is 2. The molecule has 0 saturated heterocycles. The summed E-state index contributed by atoms with van der Waals surface area (Å²) in [5, 5.41) is 5.50. The van der Waals surface area contributed by atoms with Gasteiger partial charge in [0.1, 0.15) is 5.82 Å². The fourth-order valence-electron chi connectivity index (χ4n) is 2.97. The largest absolute Gasteiger partial charge is 0.493 e. The smallest absolute Gasteiger partial charge is 0.416 e. The van der Waals surface area contributed by atoms with Gasteiger partial charge in [0.25, 0.3) is 11.8 Å². The first-order valence-corrected chi connectivity index (χ1v) is 9.93.